The third-order valence-corrected chi connectivity index (χ3v) is 3.88. The van der Waals surface area contributed by atoms with E-state index in [4.69, 9.17) is 0 Å². The minimum Gasteiger partial charge on any atom is -0.345 e. The average molecular weight is 278 g/mol. The van der Waals surface area contributed by atoms with Gasteiger partial charge in [0.15, 0.2) is 5.13 Å². The topological polar surface area (TPSA) is 78.0 Å². The second-order valence-electron chi connectivity index (χ2n) is 4.34. The third kappa shape index (κ3) is 2.43. The first-order valence-corrected chi connectivity index (χ1v) is 6.95. The zero-order chi connectivity index (χ0) is 13.2. The Bertz CT molecular complexity index is 558. The van der Waals surface area contributed by atoms with Crippen molar-refractivity contribution in [3.05, 3.63) is 23.2 Å². The van der Waals surface area contributed by atoms with E-state index in [2.05, 4.69) is 25.1 Å². The molecule has 1 saturated heterocycles. The molecule has 2 aromatic heterocycles. The van der Waals surface area contributed by atoms with E-state index in [9.17, 15) is 4.79 Å². The monoisotopic (exact) mass is 278 g/mol. The number of aromatic nitrogens is 4. The molecule has 0 aromatic carbocycles. The summed E-state index contributed by atoms with van der Waals surface area (Å²) in [4.78, 5) is 24.5. The van der Waals surface area contributed by atoms with E-state index in [0.717, 1.165) is 18.2 Å². The van der Waals surface area contributed by atoms with Gasteiger partial charge in [0, 0.05) is 37.8 Å². The van der Waals surface area contributed by atoms with E-state index in [1.54, 1.807) is 29.4 Å². The Hall–Kier alpha value is -1.96. The maximum Gasteiger partial charge on any atom is 0.293 e. The molecule has 1 fully saturated rings. The summed E-state index contributed by atoms with van der Waals surface area (Å²) in [5.74, 6) is 0.799. The largest absolute Gasteiger partial charge is 0.345 e. The molecule has 1 aliphatic rings. The number of thiazole rings is 1. The molecule has 1 aliphatic heterocycles. The Morgan fingerprint density at radius 1 is 1.37 bits per heavy atom. The second-order valence-corrected chi connectivity index (χ2v) is 5.21. The van der Waals surface area contributed by atoms with Gasteiger partial charge in [-0.1, -0.05) is 0 Å². The summed E-state index contributed by atoms with van der Waals surface area (Å²) in [7, 11) is 0. The van der Waals surface area contributed by atoms with Crippen LogP contribution in [0.3, 0.4) is 0 Å². The molecule has 1 amide bonds. The Morgan fingerprint density at radius 2 is 2.16 bits per heavy atom. The van der Waals surface area contributed by atoms with E-state index in [0.29, 0.717) is 18.9 Å². The minimum absolute atomic E-state index is 0.108. The van der Waals surface area contributed by atoms with Crippen molar-refractivity contribution in [2.75, 3.05) is 31.1 Å². The summed E-state index contributed by atoms with van der Waals surface area (Å²) >= 11 is 1.62. The van der Waals surface area contributed by atoms with Crippen molar-refractivity contribution < 1.29 is 4.79 Å². The molecule has 3 rings (SSSR count). The average Bonchev–Trinajstić information content (AvgIpc) is 3.09. The number of rotatable bonds is 2. The summed E-state index contributed by atoms with van der Waals surface area (Å²) in [5.41, 5.74) is 0. The van der Waals surface area contributed by atoms with Gasteiger partial charge in [-0.05, 0) is 6.92 Å². The quantitative estimate of drug-likeness (QED) is 0.867. The molecule has 0 unspecified atom stereocenters. The number of nitrogens with zero attached hydrogens (tertiary/aromatic N) is 5. The predicted molar refractivity (Wildman–Crippen MR) is 71.4 cm³/mol. The molecule has 0 spiro atoms. The van der Waals surface area contributed by atoms with Gasteiger partial charge in [-0.2, -0.15) is 0 Å². The number of carbonyl (C=O) groups excluding carboxylic acids is 1. The highest BCUT2D eigenvalue weighted by atomic mass is 32.1. The molecule has 1 N–H and O–H groups in total. The highest BCUT2D eigenvalue weighted by molar-refractivity contribution is 7.13. The lowest BCUT2D eigenvalue weighted by atomic mass is 10.3. The zero-order valence-corrected chi connectivity index (χ0v) is 11.4. The molecule has 19 heavy (non-hydrogen) atoms. The standard InChI is InChI=1S/C11H14N6OS/c1-8-13-9(15-14-8)10(18)16-3-5-17(6-4-16)11-12-2-7-19-11/h2,7H,3-6H2,1H3,(H,13,14,15). The molecule has 100 valence electrons. The van der Waals surface area contributed by atoms with Crippen molar-refractivity contribution >= 4 is 22.4 Å². The number of hydrogen-bond acceptors (Lipinski definition) is 6. The first-order valence-electron chi connectivity index (χ1n) is 6.07. The maximum atomic E-state index is 12.2. The van der Waals surface area contributed by atoms with Gasteiger partial charge >= 0.3 is 0 Å². The van der Waals surface area contributed by atoms with Crippen LogP contribution >= 0.6 is 11.3 Å². The van der Waals surface area contributed by atoms with Crippen LogP contribution in [0.25, 0.3) is 0 Å². The molecule has 0 saturated carbocycles. The molecule has 0 atom stereocenters. The van der Waals surface area contributed by atoms with E-state index < -0.39 is 0 Å². The molecule has 8 heteroatoms. The summed E-state index contributed by atoms with van der Waals surface area (Å²) < 4.78 is 0. The van der Waals surface area contributed by atoms with E-state index in [1.165, 1.54) is 0 Å². The van der Waals surface area contributed by atoms with Crippen molar-refractivity contribution in [1.29, 1.82) is 0 Å². The summed E-state index contributed by atoms with van der Waals surface area (Å²) in [6, 6.07) is 0. The Labute approximate surface area is 114 Å². The van der Waals surface area contributed by atoms with Crippen LogP contribution in [0, 0.1) is 6.92 Å². The Morgan fingerprint density at radius 3 is 2.74 bits per heavy atom. The van der Waals surface area contributed by atoms with Crippen molar-refractivity contribution in [2.24, 2.45) is 0 Å². The number of hydrogen-bond donors (Lipinski definition) is 1. The molecule has 0 aliphatic carbocycles. The van der Waals surface area contributed by atoms with Gasteiger partial charge < -0.3 is 9.80 Å². The highest BCUT2D eigenvalue weighted by Crippen LogP contribution is 2.19. The lowest BCUT2D eigenvalue weighted by Gasteiger charge is -2.33. The van der Waals surface area contributed by atoms with Crippen LogP contribution in [0.2, 0.25) is 0 Å². The van der Waals surface area contributed by atoms with E-state index in [1.807, 2.05) is 5.38 Å². The van der Waals surface area contributed by atoms with E-state index in [-0.39, 0.29) is 11.7 Å². The summed E-state index contributed by atoms with van der Waals surface area (Å²) in [6.45, 7) is 4.72. The lowest BCUT2D eigenvalue weighted by Crippen LogP contribution is -2.49. The molecule has 7 nitrogen and oxygen atoms in total. The smallest absolute Gasteiger partial charge is 0.293 e. The lowest BCUT2D eigenvalue weighted by molar-refractivity contribution is 0.0735. The van der Waals surface area contributed by atoms with Crippen LogP contribution in [-0.4, -0.2) is 57.2 Å². The van der Waals surface area contributed by atoms with Crippen LogP contribution in [0.5, 0.6) is 0 Å². The number of amides is 1. The van der Waals surface area contributed by atoms with Gasteiger partial charge in [-0.15, -0.1) is 16.4 Å². The van der Waals surface area contributed by atoms with Crippen LogP contribution in [0.4, 0.5) is 5.13 Å². The SMILES string of the molecule is Cc1nc(C(=O)N2CCN(c3nccs3)CC2)n[nH]1. The number of aryl methyl sites for hydroxylation is 1. The second kappa shape index (κ2) is 4.96. The van der Waals surface area contributed by atoms with Gasteiger partial charge in [0.2, 0.25) is 5.82 Å². The van der Waals surface area contributed by atoms with Crippen molar-refractivity contribution in [3.63, 3.8) is 0 Å². The fourth-order valence-corrected chi connectivity index (χ4v) is 2.75. The maximum absolute atomic E-state index is 12.2. The van der Waals surface area contributed by atoms with Crippen molar-refractivity contribution in [3.8, 4) is 0 Å². The van der Waals surface area contributed by atoms with Gasteiger partial charge in [0.25, 0.3) is 5.91 Å². The minimum atomic E-state index is -0.108. The summed E-state index contributed by atoms with van der Waals surface area (Å²) in [6.07, 6.45) is 1.80. The zero-order valence-electron chi connectivity index (χ0n) is 10.5. The number of H-pyrrole nitrogens is 1. The number of aromatic amines is 1. The van der Waals surface area contributed by atoms with Crippen molar-refractivity contribution in [1.82, 2.24) is 25.1 Å². The third-order valence-electron chi connectivity index (χ3n) is 3.05. The number of carbonyl (C=O) groups is 1. The Balaban J connectivity index is 1.62. The Kier molecular flexibility index (Phi) is 3.16. The molecule has 2 aromatic rings. The fraction of sp³-hybridized carbons (Fsp3) is 0.455. The van der Waals surface area contributed by atoms with Gasteiger partial charge in [-0.25, -0.2) is 9.97 Å². The molecule has 0 bridgehead atoms. The van der Waals surface area contributed by atoms with Gasteiger partial charge in [-0.3, -0.25) is 9.89 Å². The van der Waals surface area contributed by atoms with Crippen molar-refractivity contribution in [2.45, 2.75) is 6.92 Å². The van der Waals surface area contributed by atoms with Crippen LogP contribution in [-0.2, 0) is 0 Å². The molecule has 0 radical (unpaired) electrons. The van der Waals surface area contributed by atoms with Crippen LogP contribution in [0.1, 0.15) is 16.4 Å². The summed E-state index contributed by atoms with van der Waals surface area (Å²) in [5, 5.41) is 9.58. The number of piperazine rings is 1. The first-order chi connectivity index (χ1) is 9.24. The van der Waals surface area contributed by atoms with Gasteiger partial charge in [0.05, 0.1) is 0 Å². The predicted octanol–water partition coefficient (Wildman–Crippen LogP) is 0.532. The molecular weight excluding hydrogens is 264 g/mol. The number of nitrogens with one attached hydrogen (secondary N) is 1. The molecule has 3 heterocycles. The molecular formula is C11H14N6OS. The van der Waals surface area contributed by atoms with Crippen LogP contribution in [0.15, 0.2) is 11.6 Å². The fourth-order valence-electron chi connectivity index (χ4n) is 2.05. The first kappa shape index (κ1) is 12.1. The van der Waals surface area contributed by atoms with Crippen LogP contribution < -0.4 is 4.90 Å². The number of anilines is 1. The normalized spacial score (nSPS) is 15.8. The highest BCUT2D eigenvalue weighted by Gasteiger charge is 2.25. The van der Waals surface area contributed by atoms with Gasteiger partial charge in [0.1, 0.15) is 5.82 Å². The van der Waals surface area contributed by atoms with E-state index >= 15 is 0 Å².